The number of fused-ring (bicyclic) bond motifs is 1. The summed E-state index contributed by atoms with van der Waals surface area (Å²) in [4.78, 5) is 24.1. The zero-order valence-corrected chi connectivity index (χ0v) is 11.6. The Bertz CT molecular complexity index is 572. The van der Waals surface area contributed by atoms with Gasteiger partial charge in [-0.1, -0.05) is 0 Å². The number of anilines is 1. The summed E-state index contributed by atoms with van der Waals surface area (Å²) >= 11 is 0. The van der Waals surface area contributed by atoms with Crippen LogP contribution < -0.4 is 16.4 Å². The van der Waals surface area contributed by atoms with E-state index in [0.717, 1.165) is 12.2 Å². The number of nitrogens with two attached hydrogens (primary N) is 2. The third kappa shape index (κ3) is 2.75. The second-order valence-electron chi connectivity index (χ2n) is 5.08. The van der Waals surface area contributed by atoms with Gasteiger partial charge in [0.15, 0.2) is 11.8 Å². The highest BCUT2D eigenvalue weighted by atomic mass is 16.5. The highest BCUT2D eigenvalue weighted by Crippen LogP contribution is 2.28. The van der Waals surface area contributed by atoms with E-state index in [1.165, 1.54) is 0 Å². The van der Waals surface area contributed by atoms with Crippen molar-refractivity contribution in [3.8, 4) is 0 Å². The van der Waals surface area contributed by atoms with Crippen LogP contribution in [0.15, 0.2) is 23.3 Å². The van der Waals surface area contributed by atoms with Gasteiger partial charge in [0.25, 0.3) is 0 Å². The Hall–Kier alpha value is -2.35. The molecule has 2 fully saturated rings. The van der Waals surface area contributed by atoms with Crippen molar-refractivity contribution in [2.75, 3.05) is 37.7 Å². The molecule has 1 aromatic rings. The maximum atomic E-state index is 11.8. The number of nitrogens with zero attached hydrogens (tertiary/aromatic N) is 4. The fraction of sp³-hybridized carbons (Fsp3) is 0.462. The largest absolute Gasteiger partial charge is 0.370 e. The molecule has 0 spiro atoms. The second kappa shape index (κ2) is 5.57. The van der Waals surface area contributed by atoms with Crippen LogP contribution in [0.3, 0.4) is 0 Å². The van der Waals surface area contributed by atoms with Crippen LogP contribution in [0.2, 0.25) is 0 Å². The Balaban J connectivity index is 1.83. The van der Waals surface area contributed by atoms with Crippen LogP contribution in [0.4, 0.5) is 11.5 Å². The number of morpholine rings is 1. The Labute approximate surface area is 122 Å². The summed E-state index contributed by atoms with van der Waals surface area (Å²) in [7, 11) is 0. The molecule has 8 nitrogen and oxygen atoms in total. The monoisotopic (exact) mass is 290 g/mol. The van der Waals surface area contributed by atoms with Gasteiger partial charge in [0.2, 0.25) is 5.91 Å². The molecular weight excluding hydrogens is 272 g/mol. The van der Waals surface area contributed by atoms with Gasteiger partial charge >= 0.3 is 0 Å². The zero-order valence-electron chi connectivity index (χ0n) is 11.6. The molecule has 1 aromatic heterocycles. The topological polar surface area (TPSA) is 110 Å². The highest BCUT2D eigenvalue weighted by Gasteiger charge is 2.34. The molecular formula is C13H18N6O2. The molecule has 112 valence electrons. The molecule has 1 atom stereocenters. The van der Waals surface area contributed by atoms with Gasteiger partial charge in [0.1, 0.15) is 6.61 Å². The molecule has 1 unspecified atom stereocenters. The van der Waals surface area contributed by atoms with Gasteiger partial charge in [-0.3, -0.25) is 4.79 Å². The minimum Gasteiger partial charge on any atom is -0.370 e. The molecule has 2 saturated heterocycles. The minimum atomic E-state index is -0.0234. The number of pyridine rings is 1. The Kier molecular flexibility index (Phi) is 3.61. The molecule has 0 bridgehead atoms. The summed E-state index contributed by atoms with van der Waals surface area (Å²) in [6, 6.07) is 3.83. The quantitative estimate of drug-likeness (QED) is 0.536. The van der Waals surface area contributed by atoms with E-state index >= 15 is 0 Å². The summed E-state index contributed by atoms with van der Waals surface area (Å²) in [6.07, 6.45) is 1.65. The number of hydrogen-bond acceptors (Lipinski definition) is 5. The summed E-state index contributed by atoms with van der Waals surface area (Å²) < 4.78 is 5.33. The predicted molar refractivity (Wildman–Crippen MR) is 78.2 cm³/mol. The molecule has 3 heterocycles. The predicted octanol–water partition coefficient (Wildman–Crippen LogP) is -0.966. The first-order valence-electron chi connectivity index (χ1n) is 6.82. The number of carbonyl (C=O) groups excluding carboxylic acids is 1. The molecule has 0 saturated carbocycles. The lowest BCUT2D eigenvalue weighted by Crippen LogP contribution is -2.60. The molecule has 4 N–H and O–H groups in total. The molecule has 2 aliphatic rings. The summed E-state index contributed by atoms with van der Waals surface area (Å²) in [5.41, 5.74) is 11.8. The van der Waals surface area contributed by atoms with Crippen molar-refractivity contribution in [2.45, 2.75) is 6.04 Å². The van der Waals surface area contributed by atoms with E-state index in [9.17, 15) is 4.79 Å². The van der Waals surface area contributed by atoms with E-state index < -0.39 is 0 Å². The van der Waals surface area contributed by atoms with Crippen LogP contribution in [-0.2, 0) is 9.53 Å². The van der Waals surface area contributed by atoms with Crippen molar-refractivity contribution in [3.05, 3.63) is 18.3 Å². The average Bonchev–Trinajstić information content (AvgIpc) is 2.47. The Morgan fingerprint density at radius 3 is 3.10 bits per heavy atom. The molecule has 21 heavy (non-hydrogen) atoms. The van der Waals surface area contributed by atoms with Crippen molar-refractivity contribution in [3.63, 3.8) is 0 Å². The van der Waals surface area contributed by atoms with Gasteiger partial charge in [0.05, 0.1) is 18.3 Å². The number of guanidine groups is 1. The van der Waals surface area contributed by atoms with Crippen LogP contribution in [-0.4, -0.2) is 60.6 Å². The van der Waals surface area contributed by atoms with Crippen LogP contribution in [0.5, 0.6) is 0 Å². The molecule has 8 heteroatoms. The van der Waals surface area contributed by atoms with Crippen molar-refractivity contribution in [1.82, 2.24) is 9.88 Å². The maximum absolute atomic E-state index is 11.8. The third-order valence-electron chi connectivity index (χ3n) is 3.68. The summed E-state index contributed by atoms with van der Waals surface area (Å²) in [6.45, 7) is 2.82. The van der Waals surface area contributed by atoms with Crippen molar-refractivity contribution in [1.29, 1.82) is 0 Å². The molecule has 0 aromatic carbocycles. The zero-order chi connectivity index (χ0) is 14.8. The van der Waals surface area contributed by atoms with Crippen LogP contribution >= 0.6 is 0 Å². The number of hydrogen-bond donors (Lipinski definition) is 2. The van der Waals surface area contributed by atoms with E-state index in [4.69, 9.17) is 16.2 Å². The number of ether oxygens (including phenoxy) is 1. The minimum absolute atomic E-state index is 0.0234. The molecule has 0 radical (unpaired) electrons. The van der Waals surface area contributed by atoms with Gasteiger partial charge in [-0.05, 0) is 12.1 Å². The number of rotatable bonds is 2. The van der Waals surface area contributed by atoms with Gasteiger partial charge in [-0.2, -0.15) is 4.99 Å². The Morgan fingerprint density at radius 2 is 2.29 bits per heavy atom. The fourth-order valence-electron chi connectivity index (χ4n) is 2.75. The number of amides is 1. The van der Waals surface area contributed by atoms with Gasteiger partial charge in [0, 0.05) is 25.8 Å². The van der Waals surface area contributed by atoms with Crippen LogP contribution in [0.25, 0.3) is 0 Å². The number of piperazine rings is 1. The average molecular weight is 290 g/mol. The fourth-order valence-corrected chi connectivity index (χ4v) is 2.75. The molecule has 2 aliphatic heterocycles. The first kappa shape index (κ1) is 13.6. The lowest BCUT2D eigenvalue weighted by atomic mass is 10.1. The molecule has 3 rings (SSSR count). The molecule has 0 aliphatic carbocycles. The third-order valence-corrected chi connectivity index (χ3v) is 3.68. The smallest absolute Gasteiger partial charge is 0.249 e. The van der Waals surface area contributed by atoms with E-state index in [1.54, 1.807) is 6.20 Å². The Morgan fingerprint density at radius 1 is 1.43 bits per heavy atom. The van der Waals surface area contributed by atoms with Gasteiger partial charge in [-0.15, -0.1) is 0 Å². The van der Waals surface area contributed by atoms with Gasteiger partial charge in [-0.25, -0.2) is 4.98 Å². The highest BCUT2D eigenvalue weighted by molar-refractivity contribution is 5.81. The number of aliphatic imine (C=N–C) groups is 1. The lowest BCUT2D eigenvalue weighted by molar-refractivity contribution is -0.148. The van der Waals surface area contributed by atoms with Gasteiger partial charge < -0.3 is 26.0 Å². The van der Waals surface area contributed by atoms with Crippen LogP contribution in [0.1, 0.15) is 0 Å². The first-order chi connectivity index (χ1) is 10.1. The normalized spacial score (nSPS) is 21.9. The van der Waals surface area contributed by atoms with E-state index in [2.05, 4.69) is 14.9 Å². The SMILES string of the molecule is NC(N)=Nc1ncccc1N1CCN2C(=O)COCC2C1. The summed E-state index contributed by atoms with van der Waals surface area (Å²) in [5, 5.41) is 0. The lowest BCUT2D eigenvalue weighted by Gasteiger charge is -2.44. The van der Waals surface area contributed by atoms with E-state index in [-0.39, 0.29) is 24.5 Å². The number of carbonyl (C=O) groups is 1. The van der Waals surface area contributed by atoms with Crippen molar-refractivity contribution in [2.24, 2.45) is 16.5 Å². The van der Waals surface area contributed by atoms with Crippen molar-refractivity contribution >= 4 is 23.4 Å². The number of aromatic nitrogens is 1. The first-order valence-corrected chi connectivity index (χ1v) is 6.82. The maximum Gasteiger partial charge on any atom is 0.249 e. The van der Waals surface area contributed by atoms with E-state index in [0.29, 0.717) is 25.5 Å². The van der Waals surface area contributed by atoms with Crippen LogP contribution in [0, 0.1) is 0 Å². The van der Waals surface area contributed by atoms with E-state index in [1.807, 2.05) is 17.0 Å². The summed E-state index contributed by atoms with van der Waals surface area (Å²) in [5.74, 6) is 0.528. The van der Waals surface area contributed by atoms with Crippen molar-refractivity contribution < 1.29 is 9.53 Å². The second-order valence-corrected chi connectivity index (χ2v) is 5.08. The molecule has 1 amide bonds. The standard InChI is InChI=1S/C13H18N6O2/c14-13(15)17-12-10(2-1-3-16-12)18-4-5-19-9(6-18)7-21-8-11(19)20/h1-3,9H,4-8H2,(H4,14,15,16,17).